The Morgan fingerprint density at radius 2 is 2.00 bits per heavy atom. The number of anilines is 1. The number of benzene rings is 1. The van der Waals surface area contributed by atoms with Gasteiger partial charge in [0.1, 0.15) is 17.4 Å². The van der Waals surface area contributed by atoms with E-state index in [2.05, 4.69) is 15.1 Å². The van der Waals surface area contributed by atoms with Crippen molar-refractivity contribution in [3.63, 3.8) is 0 Å². The molecule has 0 amide bonds. The fourth-order valence-corrected chi connectivity index (χ4v) is 3.76. The van der Waals surface area contributed by atoms with Gasteiger partial charge in [-0.25, -0.2) is 8.42 Å². The quantitative estimate of drug-likeness (QED) is 0.604. The Kier molecular flexibility index (Phi) is 4.84. The zero-order valence-electron chi connectivity index (χ0n) is 16.1. The first-order chi connectivity index (χ1) is 13.9. The number of methoxy groups -OCH3 is 1. The number of aromatic nitrogens is 4. The van der Waals surface area contributed by atoms with E-state index in [4.69, 9.17) is 4.74 Å². The first-order valence-corrected chi connectivity index (χ1v) is 11.1. The van der Waals surface area contributed by atoms with Crippen LogP contribution in [0.15, 0.2) is 35.6 Å². The number of hydrogen-bond acceptors (Lipinski definition) is 8. The lowest BCUT2D eigenvalue weighted by Crippen LogP contribution is -2.41. The van der Waals surface area contributed by atoms with Gasteiger partial charge in [-0.15, -0.1) is 0 Å². The van der Waals surface area contributed by atoms with Crippen LogP contribution < -0.4 is 9.64 Å². The highest BCUT2D eigenvalue weighted by atomic mass is 32.2. The van der Waals surface area contributed by atoms with Crippen molar-refractivity contribution >= 4 is 21.4 Å². The van der Waals surface area contributed by atoms with E-state index in [9.17, 15) is 13.7 Å². The summed E-state index contributed by atoms with van der Waals surface area (Å²) in [5, 5.41) is 13.3. The minimum atomic E-state index is -3.67. The smallest absolute Gasteiger partial charge is 0.252 e. The van der Waals surface area contributed by atoms with Crippen LogP contribution in [0.2, 0.25) is 0 Å². The van der Waals surface area contributed by atoms with Crippen LogP contribution in [0.3, 0.4) is 0 Å². The molecule has 1 aliphatic carbocycles. The van der Waals surface area contributed by atoms with E-state index in [0.717, 1.165) is 36.8 Å². The largest absolute Gasteiger partial charge is 0.497 e. The highest BCUT2D eigenvalue weighted by Gasteiger charge is 2.30. The lowest BCUT2D eigenvalue weighted by atomic mass is 9.91. The summed E-state index contributed by atoms with van der Waals surface area (Å²) in [7, 11) is -2.05. The minimum Gasteiger partial charge on any atom is -0.497 e. The molecule has 29 heavy (non-hydrogen) atoms. The van der Waals surface area contributed by atoms with Crippen LogP contribution in [0.25, 0.3) is 5.65 Å². The maximum Gasteiger partial charge on any atom is 0.252 e. The lowest BCUT2D eigenvalue weighted by molar-refractivity contribution is 0.376. The van der Waals surface area contributed by atoms with Crippen LogP contribution in [0.1, 0.15) is 30.4 Å². The Morgan fingerprint density at radius 3 is 2.55 bits per heavy atom. The normalized spacial score (nSPS) is 14.4. The molecule has 2 aromatic heterocycles. The van der Waals surface area contributed by atoms with E-state index in [1.807, 2.05) is 35.2 Å². The first kappa shape index (κ1) is 19.1. The zero-order chi connectivity index (χ0) is 20.6. The van der Waals surface area contributed by atoms with E-state index in [-0.39, 0.29) is 22.4 Å². The molecule has 0 atom stereocenters. The van der Waals surface area contributed by atoms with Gasteiger partial charge in [0.15, 0.2) is 5.65 Å². The topological polar surface area (TPSA) is 113 Å². The number of rotatable bonds is 6. The Labute approximate surface area is 168 Å². The summed E-state index contributed by atoms with van der Waals surface area (Å²) in [6.07, 6.45) is 5.48. The second-order valence-corrected chi connectivity index (χ2v) is 8.95. The molecule has 0 spiro atoms. The maximum atomic E-state index is 12.2. The van der Waals surface area contributed by atoms with Gasteiger partial charge in [0.05, 0.1) is 13.3 Å². The molecule has 10 heteroatoms. The molecule has 1 aliphatic rings. The second kappa shape index (κ2) is 7.33. The molecule has 150 valence electrons. The van der Waals surface area contributed by atoms with Crippen molar-refractivity contribution in [2.75, 3.05) is 18.3 Å². The molecule has 0 unspecified atom stereocenters. The zero-order valence-corrected chi connectivity index (χ0v) is 16.9. The Morgan fingerprint density at radius 1 is 1.28 bits per heavy atom. The van der Waals surface area contributed by atoms with Crippen molar-refractivity contribution in [3.8, 4) is 11.8 Å². The SMILES string of the molecule is COc1ccc(CN(c2nc(S(C)(=O)=O)nc3c(C#N)cnn23)C2CCC2)cc1. The molecular formula is C19H20N6O3S. The molecule has 3 aromatic rings. The van der Waals surface area contributed by atoms with E-state index in [1.54, 1.807) is 7.11 Å². The summed E-state index contributed by atoms with van der Waals surface area (Å²) in [6.45, 7) is 0.520. The summed E-state index contributed by atoms with van der Waals surface area (Å²) >= 11 is 0. The van der Waals surface area contributed by atoms with Crippen LogP contribution in [-0.4, -0.2) is 47.4 Å². The predicted octanol–water partition coefficient (Wildman–Crippen LogP) is 1.97. The van der Waals surface area contributed by atoms with Crippen LogP contribution in [0, 0.1) is 11.3 Å². The van der Waals surface area contributed by atoms with Crippen LogP contribution in [-0.2, 0) is 16.4 Å². The number of hydrogen-bond donors (Lipinski definition) is 0. The van der Waals surface area contributed by atoms with Gasteiger partial charge >= 0.3 is 0 Å². The van der Waals surface area contributed by atoms with Gasteiger partial charge in [-0.05, 0) is 37.0 Å². The summed E-state index contributed by atoms with van der Waals surface area (Å²) < 4.78 is 31.0. The third-order valence-corrected chi connectivity index (χ3v) is 5.91. The van der Waals surface area contributed by atoms with Gasteiger partial charge in [0, 0.05) is 18.8 Å². The Hall–Kier alpha value is -3.19. The molecule has 0 saturated heterocycles. The average Bonchev–Trinajstić information content (AvgIpc) is 3.08. The van der Waals surface area contributed by atoms with E-state index >= 15 is 0 Å². The van der Waals surface area contributed by atoms with Crippen molar-refractivity contribution in [1.82, 2.24) is 19.6 Å². The predicted molar refractivity (Wildman–Crippen MR) is 105 cm³/mol. The lowest BCUT2D eigenvalue weighted by Gasteiger charge is -2.38. The molecule has 1 fully saturated rings. The van der Waals surface area contributed by atoms with Gasteiger partial charge in [0.25, 0.3) is 5.16 Å². The van der Waals surface area contributed by atoms with Crippen LogP contribution in [0.4, 0.5) is 5.95 Å². The van der Waals surface area contributed by atoms with Gasteiger partial charge < -0.3 is 9.64 Å². The van der Waals surface area contributed by atoms with Gasteiger partial charge in [-0.3, -0.25) is 0 Å². The van der Waals surface area contributed by atoms with Crippen molar-refractivity contribution in [2.45, 2.75) is 37.0 Å². The molecule has 2 heterocycles. The van der Waals surface area contributed by atoms with Gasteiger partial charge in [-0.2, -0.15) is 24.8 Å². The molecule has 9 nitrogen and oxygen atoms in total. The van der Waals surface area contributed by atoms with E-state index < -0.39 is 9.84 Å². The standard InChI is InChI=1S/C19H20N6O3S/c1-28-16-8-6-13(7-9-16)12-24(15-4-3-5-15)19-23-18(29(2,26)27)22-17-14(10-20)11-21-25(17)19/h6-9,11,15H,3-5,12H2,1-2H3. The number of nitriles is 1. The molecule has 0 aliphatic heterocycles. The van der Waals surface area contributed by atoms with Gasteiger partial charge in [-0.1, -0.05) is 12.1 Å². The molecular weight excluding hydrogens is 392 g/mol. The maximum absolute atomic E-state index is 12.2. The number of nitrogens with zero attached hydrogens (tertiary/aromatic N) is 6. The number of fused-ring (bicyclic) bond motifs is 1. The monoisotopic (exact) mass is 412 g/mol. The second-order valence-electron chi connectivity index (χ2n) is 7.04. The summed E-state index contributed by atoms with van der Waals surface area (Å²) in [6, 6.07) is 9.91. The van der Waals surface area contributed by atoms with Crippen LogP contribution in [0.5, 0.6) is 5.75 Å². The summed E-state index contributed by atoms with van der Waals surface area (Å²) in [5.74, 6) is 1.14. The summed E-state index contributed by atoms with van der Waals surface area (Å²) in [4.78, 5) is 10.5. The molecule has 4 rings (SSSR count). The van der Waals surface area contributed by atoms with Gasteiger partial charge in [0.2, 0.25) is 15.8 Å². The fourth-order valence-electron chi connectivity index (χ4n) is 3.26. The molecule has 0 N–H and O–H groups in total. The minimum absolute atomic E-state index is 0.192. The Balaban J connectivity index is 1.85. The van der Waals surface area contributed by atoms with Crippen molar-refractivity contribution in [3.05, 3.63) is 41.6 Å². The van der Waals surface area contributed by atoms with E-state index in [0.29, 0.717) is 12.5 Å². The highest BCUT2D eigenvalue weighted by molar-refractivity contribution is 7.90. The molecule has 1 aromatic carbocycles. The molecule has 1 saturated carbocycles. The molecule has 0 radical (unpaired) electrons. The number of ether oxygens (including phenoxy) is 1. The fraction of sp³-hybridized carbons (Fsp3) is 0.368. The first-order valence-electron chi connectivity index (χ1n) is 9.16. The summed E-state index contributed by atoms with van der Waals surface area (Å²) in [5.41, 5.74) is 1.42. The highest BCUT2D eigenvalue weighted by Crippen LogP contribution is 2.31. The van der Waals surface area contributed by atoms with Crippen LogP contribution >= 0.6 is 0 Å². The Bertz CT molecular complexity index is 1190. The number of sulfone groups is 1. The average molecular weight is 412 g/mol. The third kappa shape index (κ3) is 3.61. The molecule has 0 bridgehead atoms. The van der Waals surface area contributed by atoms with Crippen molar-refractivity contribution in [1.29, 1.82) is 5.26 Å². The third-order valence-electron chi connectivity index (χ3n) is 5.07. The van der Waals surface area contributed by atoms with Crippen molar-refractivity contribution < 1.29 is 13.2 Å². The van der Waals surface area contributed by atoms with Crippen molar-refractivity contribution in [2.24, 2.45) is 0 Å². The van der Waals surface area contributed by atoms with E-state index in [1.165, 1.54) is 10.7 Å².